The lowest BCUT2D eigenvalue weighted by molar-refractivity contribution is -0.367. The number of pyridine rings is 1. The predicted molar refractivity (Wildman–Crippen MR) is 71.0 cm³/mol. The van der Waals surface area contributed by atoms with Gasteiger partial charge < -0.3 is 14.8 Å². The topological polar surface area (TPSA) is 77.8 Å². The van der Waals surface area contributed by atoms with Crippen molar-refractivity contribution in [2.24, 2.45) is 0 Å². The zero-order valence-corrected chi connectivity index (χ0v) is 12.2. The molecule has 1 aromatic heterocycles. The van der Waals surface area contributed by atoms with E-state index in [2.05, 4.69) is 4.98 Å². The number of rotatable bonds is 4. The molecule has 0 aliphatic carbocycles. The molecular weight excluding hydrogens is 315 g/mol. The van der Waals surface area contributed by atoms with E-state index in [0.717, 1.165) is 6.07 Å². The maximum Gasteiger partial charge on any atom is 0.424 e. The molecule has 0 spiro atoms. The molecule has 1 amide bonds. The van der Waals surface area contributed by atoms with Crippen molar-refractivity contribution in [3.05, 3.63) is 23.9 Å². The number of alkyl halides is 3. The number of carbonyl (C=O) groups is 2. The molecule has 1 saturated heterocycles. The number of H-pyrrole nitrogens is 1. The van der Waals surface area contributed by atoms with Gasteiger partial charge in [0.1, 0.15) is 18.7 Å². The van der Waals surface area contributed by atoms with E-state index >= 15 is 0 Å². The van der Waals surface area contributed by atoms with Gasteiger partial charge >= 0.3 is 6.18 Å². The van der Waals surface area contributed by atoms with Crippen molar-refractivity contribution in [1.82, 2.24) is 4.90 Å². The highest BCUT2D eigenvalue weighted by Gasteiger charge is 2.40. The second kappa shape index (κ2) is 6.84. The van der Waals surface area contributed by atoms with Gasteiger partial charge in [0.2, 0.25) is 5.91 Å². The number of nitrogens with zero attached hydrogens (tertiary/aromatic N) is 2. The van der Waals surface area contributed by atoms with Gasteiger partial charge in [-0.15, -0.1) is 0 Å². The van der Waals surface area contributed by atoms with Crippen molar-refractivity contribution in [3.8, 4) is 0 Å². The Balaban J connectivity index is 2.00. The Hall–Kier alpha value is -2.32. The summed E-state index contributed by atoms with van der Waals surface area (Å²) in [6.45, 7) is 0.957. The van der Waals surface area contributed by atoms with E-state index in [1.165, 1.54) is 22.1 Å². The molecule has 1 aliphatic rings. The predicted octanol–water partition coefficient (Wildman–Crippen LogP) is -0.302. The number of carboxylic acid groups (broad SMARTS) is 1. The minimum absolute atomic E-state index is 0.0261. The molecule has 0 bridgehead atoms. The molecule has 0 saturated carbocycles. The first-order valence-electron chi connectivity index (χ1n) is 7.09. The number of aliphatic carboxylic acids is 1. The monoisotopic (exact) mass is 331 g/mol. The maximum atomic E-state index is 13.0. The smallest absolute Gasteiger partial charge is 0.424 e. The Morgan fingerprint density at radius 3 is 2.39 bits per heavy atom. The Kier molecular flexibility index (Phi) is 5.07. The Morgan fingerprint density at radius 1 is 1.17 bits per heavy atom. The summed E-state index contributed by atoms with van der Waals surface area (Å²) in [4.78, 5) is 27.8. The van der Waals surface area contributed by atoms with Crippen LogP contribution in [0, 0.1) is 0 Å². The fraction of sp³-hybridized carbons (Fsp3) is 0.500. The first kappa shape index (κ1) is 17.0. The summed E-state index contributed by atoms with van der Waals surface area (Å²) in [6, 6.07) is 2.29. The number of hydrogen-bond acceptors (Lipinski definition) is 4. The normalized spacial score (nSPS) is 15.6. The van der Waals surface area contributed by atoms with Gasteiger partial charge in [0.25, 0.3) is 5.82 Å². The van der Waals surface area contributed by atoms with Gasteiger partial charge in [0, 0.05) is 12.4 Å². The van der Waals surface area contributed by atoms with Gasteiger partial charge in [0.05, 0.1) is 19.3 Å². The molecule has 126 valence electrons. The van der Waals surface area contributed by atoms with Crippen molar-refractivity contribution in [3.63, 3.8) is 0 Å². The van der Waals surface area contributed by atoms with Crippen LogP contribution >= 0.6 is 0 Å². The van der Waals surface area contributed by atoms with Crippen molar-refractivity contribution in [2.45, 2.75) is 19.0 Å². The standard InChI is InChI=1S/C14H16F3N3O3/c15-14(16,17)10-2-1-5-18-13(10)20-8-6-19(7-9-20)11(21)3-4-12(22)23/h1-2,5H,3-4,6-9H2,(H,22,23). The third-order valence-corrected chi connectivity index (χ3v) is 3.63. The molecule has 0 radical (unpaired) electrons. The van der Waals surface area contributed by atoms with E-state index < -0.39 is 17.7 Å². The lowest BCUT2D eigenvalue weighted by Crippen LogP contribution is -2.50. The van der Waals surface area contributed by atoms with Crippen LogP contribution in [0.1, 0.15) is 18.4 Å². The molecule has 0 atom stereocenters. The Bertz CT molecular complexity index is 584. The number of aromatic amines is 1. The lowest BCUT2D eigenvalue weighted by Gasteiger charge is -2.31. The molecule has 1 aromatic rings. The van der Waals surface area contributed by atoms with Crippen LogP contribution in [0.15, 0.2) is 18.3 Å². The van der Waals surface area contributed by atoms with Crippen molar-refractivity contribution < 1.29 is 32.9 Å². The molecule has 23 heavy (non-hydrogen) atoms. The highest BCUT2D eigenvalue weighted by atomic mass is 19.4. The average molecular weight is 331 g/mol. The van der Waals surface area contributed by atoms with Gasteiger partial charge in [-0.3, -0.25) is 9.69 Å². The third kappa shape index (κ3) is 4.33. The number of aromatic nitrogens is 1. The average Bonchev–Trinajstić information content (AvgIpc) is 2.52. The van der Waals surface area contributed by atoms with E-state index in [4.69, 9.17) is 0 Å². The molecule has 9 heteroatoms. The molecule has 1 N–H and O–H groups in total. The summed E-state index contributed by atoms with van der Waals surface area (Å²) in [7, 11) is 0. The number of hydrogen-bond donors (Lipinski definition) is 0. The van der Waals surface area contributed by atoms with E-state index in [-0.39, 0.29) is 50.7 Å². The van der Waals surface area contributed by atoms with Gasteiger partial charge in [0.15, 0.2) is 0 Å². The molecule has 2 rings (SSSR count). The van der Waals surface area contributed by atoms with E-state index in [1.807, 2.05) is 0 Å². The Labute approximate surface area is 130 Å². The molecule has 0 unspecified atom stereocenters. The number of anilines is 1. The summed E-state index contributed by atoms with van der Waals surface area (Å²) in [5.74, 6) is -1.66. The largest absolute Gasteiger partial charge is 0.550 e. The highest BCUT2D eigenvalue weighted by molar-refractivity contribution is 5.80. The SMILES string of the molecule is O=C([O-])CCC(=O)N1CCN(c2[nH+]cccc2C(F)(F)F)CC1. The van der Waals surface area contributed by atoms with E-state index in [1.54, 1.807) is 0 Å². The molecule has 1 fully saturated rings. The van der Waals surface area contributed by atoms with Gasteiger partial charge in [-0.2, -0.15) is 13.2 Å². The first-order chi connectivity index (χ1) is 10.8. The number of halogens is 3. The van der Waals surface area contributed by atoms with Crippen LogP contribution in [0.4, 0.5) is 19.0 Å². The summed E-state index contributed by atoms with van der Waals surface area (Å²) in [5.41, 5.74) is -0.753. The maximum absolute atomic E-state index is 13.0. The quantitative estimate of drug-likeness (QED) is 0.759. The zero-order chi connectivity index (χ0) is 17.0. The number of amides is 1. The van der Waals surface area contributed by atoms with E-state index in [0.29, 0.717) is 0 Å². The molecule has 2 heterocycles. The summed E-state index contributed by atoms with van der Waals surface area (Å²) >= 11 is 0. The fourth-order valence-electron chi connectivity index (χ4n) is 2.47. The van der Waals surface area contributed by atoms with Gasteiger partial charge in [-0.25, -0.2) is 4.98 Å². The fourth-order valence-corrected chi connectivity index (χ4v) is 2.47. The second-order valence-corrected chi connectivity index (χ2v) is 5.17. The number of nitrogens with one attached hydrogen (secondary N) is 1. The van der Waals surface area contributed by atoms with Crippen LogP contribution in [0.3, 0.4) is 0 Å². The molecule has 6 nitrogen and oxygen atoms in total. The minimum atomic E-state index is -4.46. The van der Waals surface area contributed by atoms with Crippen LogP contribution in [0.2, 0.25) is 0 Å². The molecule has 1 aliphatic heterocycles. The van der Waals surface area contributed by atoms with Crippen LogP contribution in [-0.4, -0.2) is 43.0 Å². The van der Waals surface area contributed by atoms with E-state index in [9.17, 15) is 27.9 Å². The Morgan fingerprint density at radius 2 is 1.83 bits per heavy atom. The van der Waals surface area contributed by atoms with Crippen LogP contribution in [-0.2, 0) is 15.8 Å². The van der Waals surface area contributed by atoms with Crippen LogP contribution < -0.4 is 15.0 Å². The second-order valence-electron chi connectivity index (χ2n) is 5.17. The number of carbonyl (C=O) groups excluding carboxylic acids is 2. The molecule has 0 aromatic carbocycles. The third-order valence-electron chi connectivity index (χ3n) is 3.63. The van der Waals surface area contributed by atoms with Gasteiger partial charge in [-0.1, -0.05) is 0 Å². The summed E-state index contributed by atoms with van der Waals surface area (Å²) in [5, 5.41) is 10.4. The lowest BCUT2D eigenvalue weighted by atomic mass is 10.2. The van der Waals surface area contributed by atoms with Crippen LogP contribution in [0.25, 0.3) is 0 Å². The zero-order valence-electron chi connectivity index (χ0n) is 12.2. The summed E-state index contributed by atoms with van der Waals surface area (Å²) in [6.07, 6.45) is -3.56. The minimum Gasteiger partial charge on any atom is -0.550 e. The van der Waals surface area contributed by atoms with Crippen molar-refractivity contribution in [1.29, 1.82) is 0 Å². The first-order valence-corrected chi connectivity index (χ1v) is 7.09. The van der Waals surface area contributed by atoms with Crippen LogP contribution in [0.5, 0.6) is 0 Å². The van der Waals surface area contributed by atoms with Crippen molar-refractivity contribution in [2.75, 3.05) is 31.1 Å². The van der Waals surface area contributed by atoms with Crippen molar-refractivity contribution >= 4 is 17.7 Å². The number of piperazine rings is 1. The highest BCUT2D eigenvalue weighted by Crippen LogP contribution is 2.34. The van der Waals surface area contributed by atoms with Gasteiger partial charge in [-0.05, 0) is 18.6 Å². The number of carboxylic acids is 1. The summed E-state index contributed by atoms with van der Waals surface area (Å²) < 4.78 is 39.0. The molecular formula is C14H16F3N3O3.